The summed E-state index contributed by atoms with van der Waals surface area (Å²) in [5, 5.41) is 11.9. The van der Waals surface area contributed by atoms with Crippen molar-refractivity contribution in [2.45, 2.75) is 19.8 Å². The molecule has 0 fully saturated rings. The molecule has 0 amide bonds. The molecule has 9 heteroatoms. The number of aliphatic imine (C=N–C) groups is 1. The van der Waals surface area contributed by atoms with Crippen LogP contribution in [0.3, 0.4) is 0 Å². The Morgan fingerprint density at radius 3 is 2.74 bits per heavy atom. The minimum Gasteiger partial charge on any atom is -0.361 e. The number of guanidine groups is 1. The predicted octanol–water partition coefficient (Wildman–Crippen LogP) is 3.49. The Bertz CT molecular complexity index is 1140. The van der Waals surface area contributed by atoms with E-state index in [1.165, 1.54) is 22.0 Å². The molecule has 1 aromatic carbocycles. The van der Waals surface area contributed by atoms with Crippen molar-refractivity contribution in [2.75, 3.05) is 20.1 Å². The van der Waals surface area contributed by atoms with Gasteiger partial charge in [0.05, 0.1) is 0 Å². The lowest BCUT2D eigenvalue weighted by Gasteiger charge is -2.10. The van der Waals surface area contributed by atoms with Crippen LogP contribution in [0.15, 0.2) is 58.3 Å². The van der Waals surface area contributed by atoms with Crippen LogP contribution in [0.2, 0.25) is 0 Å². The number of nitrogens with one attached hydrogen (secondary N) is 3. The molecule has 0 bridgehead atoms. The van der Waals surface area contributed by atoms with E-state index in [0.29, 0.717) is 30.4 Å². The molecular weight excluding hydrogens is 505 g/mol. The lowest BCUT2D eigenvalue weighted by Crippen LogP contribution is -2.39. The number of halogens is 1. The molecule has 3 heterocycles. The van der Waals surface area contributed by atoms with Crippen LogP contribution in [0.4, 0.5) is 0 Å². The highest BCUT2D eigenvalue weighted by Gasteiger charge is 2.09. The Hall–Kier alpha value is -2.95. The molecular formula is C22H26IN7O. The van der Waals surface area contributed by atoms with Gasteiger partial charge in [0.1, 0.15) is 5.69 Å². The molecule has 0 aliphatic heterocycles. The first-order valence-electron chi connectivity index (χ1n) is 9.98. The number of H-pyrrole nitrogens is 1. The van der Waals surface area contributed by atoms with Gasteiger partial charge >= 0.3 is 0 Å². The van der Waals surface area contributed by atoms with Crippen molar-refractivity contribution < 1.29 is 4.52 Å². The third-order valence-electron chi connectivity index (χ3n) is 4.83. The van der Waals surface area contributed by atoms with Crippen LogP contribution >= 0.6 is 24.0 Å². The second kappa shape index (κ2) is 10.9. The molecule has 0 radical (unpaired) electrons. The van der Waals surface area contributed by atoms with Gasteiger partial charge in [0.25, 0.3) is 5.89 Å². The summed E-state index contributed by atoms with van der Waals surface area (Å²) in [6.45, 7) is 3.53. The number of aromatic nitrogens is 4. The van der Waals surface area contributed by atoms with Crippen LogP contribution in [-0.2, 0) is 12.8 Å². The maximum absolute atomic E-state index is 5.28. The number of nitrogens with zero attached hydrogens (tertiary/aromatic N) is 4. The first-order valence-corrected chi connectivity index (χ1v) is 9.98. The molecule has 0 saturated carbocycles. The van der Waals surface area contributed by atoms with Crippen LogP contribution in [0.25, 0.3) is 22.5 Å². The average molecular weight is 531 g/mol. The molecule has 8 nitrogen and oxygen atoms in total. The topological polar surface area (TPSA) is 104 Å². The fourth-order valence-electron chi connectivity index (χ4n) is 3.28. The summed E-state index contributed by atoms with van der Waals surface area (Å²) in [5.74, 6) is 1.81. The van der Waals surface area contributed by atoms with Gasteiger partial charge in [0, 0.05) is 49.9 Å². The molecule has 0 aliphatic carbocycles. The highest BCUT2D eigenvalue weighted by Crippen LogP contribution is 2.19. The minimum atomic E-state index is 0. The number of pyridine rings is 1. The smallest absolute Gasteiger partial charge is 0.276 e. The van der Waals surface area contributed by atoms with E-state index in [1.807, 2.05) is 18.2 Å². The van der Waals surface area contributed by atoms with E-state index in [1.54, 1.807) is 13.2 Å². The van der Waals surface area contributed by atoms with Crippen LogP contribution in [0, 0.1) is 6.92 Å². The SMILES string of the molecule is CN=C(NCCc1noc(-c2ccccn2)n1)NCCc1c[nH]c2cc(C)ccc12.I. The van der Waals surface area contributed by atoms with Crippen LogP contribution < -0.4 is 10.6 Å². The summed E-state index contributed by atoms with van der Waals surface area (Å²) >= 11 is 0. The number of hydrogen-bond acceptors (Lipinski definition) is 5. The van der Waals surface area contributed by atoms with Crippen LogP contribution in [-0.4, -0.2) is 46.2 Å². The summed E-state index contributed by atoms with van der Waals surface area (Å²) in [6, 6.07) is 12.1. The fraction of sp³-hybridized carbons (Fsp3) is 0.273. The Balaban J connectivity index is 0.00000272. The number of aryl methyl sites for hydroxylation is 1. The minimum absolute atomic E-state index is 0. The zero-order valence-corrected chi connectivity index (χ0v) is 19.9. The lowest BCUT2D eigenvalue weighted by atomic mass is 10.1. The van der Waals surface area contributed by atoms with Crippen molar-refractivity contribution in [3.63, 3.8) is 0 Å². The molecule has 3 aromatic heterocycles. The maximum Gasteiger partial charge on any atom is 0.276 e. The molecule has 4 rings (SSSR count). The Kier molecular flexibility index (Phi) is 7.99. The van der Waals surface area contributed by atoms with Crippen LogP contribution in [0.1, 0.15) is 17.0 Å². The van der Waals surface area contributed by atoms with Gasteiger partial charge in [-0.05, 0) is 42.7 Å². The number of fused-ring (bicyclic) bond motifs is 1. The van der Waals surface area contributed by atoms with E-state index >= 15 is 0 Å². The van der Waals surface area contributed by atoms with Gasteiger partial charge in [0.2, 0.25) is 0 Å². The Morgan fingerprint density at radius 1 is 1.13 bits per heavy atom. The monoisotopic (exact) mass is 531 g/mol. The molecule has 0 atom stereocenters. The van der Waals surface area contributed by atoms with Crippen molar-refractivity contribution >= 4 is 40.8 Å². The van der Waals surface area contributed by atoms with E-state index in [4.69, 9.17) is 4.52 Å². The lowest BCUT2D eigenvalue weighted by molar-refractivity contribution is 0.421. The van der Waals surface area contributed by atoms with Gasteiger partial charge in [0.15, 0.2) is 11.8 Å². The third kappa shape index (κ3) is 5.81. The van der Waals surface area contributed by atoms with Crippen molar-refractivity contribution in [3.05, 3.63) is 65.7 Å². The van der Waals surface area contributed by atoms with E-state index in [9.17, 15) is 0 Å². The number of hydrogen-bond donors (Lipinski definition) is 3. The van der Waals surface area contributed by atoms with Gasteiger partial charge in [-0.3, -0.25) is 9.98 Å². The second-order valence-corrected chi connectivity index (χ2v) is 7.02. The average Bonchev–Trinajstić information content (AvgIpc) is 3.40. The van der Waals surface area contributed by atoms with Gasteiger partial charge < -0.3 is 20.1 Å². The van der Waals surface area contributed by atoms with Crippen molar-refractivity contribution in [2.24, 2.45) is 4.99 Å². The standard InChI is InChI=1S/C22H25N7O.HI/c1-15-6-7-17-16(14-27-19(17)13-15)8-11-25-22(23-2)26-12-9-20-28-21(30-29-20)18-5-3-4-10-24-18;/h3-7,10,13-14,27H,8-9,11-12H2,1-2H3,(H2,23,25,26);1H. The highest BCUT2D eigenvalue weighted by atomic mass is 127. The Morgan fingerprint density at radius 2 is 1.97 bits per heavy atom. The second-order valence-electron chi connectivity index (χ2n) is 7.02. The largest absolute Gasteiger partial charge is 0.361 e. The summed E-state index contributed by atoms with van der Waals surface area (Å²) < 4.78 is 5.28. The zero-order valence-electron chi connectivity index (χ0n) is 17.6. The van der Waals surface area contributed by atoms with Gasteiger partial charge in [-0.2, -0.15) is 4.98 Å². The molecule has 31 heavy (non-hydrogen) atoms. The first kappa shape index (κ1) is 22.7. The quantitative estimate of drug-likeness (QED) is 0.192. The predicted molar refractivity (Wildman–Crippen MR) is 133 cm³/mol. The molecule has 0 aliphatic rings. The van der Waals surface area contributed by atoms with Crippen molar-refractivity contribution in [1.82, 2.24) is 30.7 Å². The van der Waals surface area contributed by atoms with Crippen LogP contribution in [0.5, 0.6) is 0 Å². The molecule has 0 saturated heterocycles. The summed E-state index contributed by atoms with van der Waals surface area (Å²) in [5.41, 5.74) is 4.40. The van der Waals surface area contributed by atoms with E-state index in [-0.39, 0.29) is 24.0 Å². The van der Waals surface area contributed by atoms with Gasteiger partial charge in [-0.15, -0.1) is 24.0 Å². The zero-order chi connectivity index (χ0) is 20.8. The Labute approximate surface area is 198 Å². The number of rotatable bonds is 7. The molecule has 4 aromatic rings. The van der Waals surface area contributed by atoms with Gasteiger partial charge in [-0.1, -0.05) is 23.4 Å². The third-order valence-corrected chi connectivity index (χ3v) is 4.83. The first-order chi connectivity index (χ1) is 14.7. The summed E-state index contributed by atoms with van der Waals surface area (Å²) in [4.78, 5) is 16.2. The summed E-state index contributed by atoms with van der Waals surface area (Å²) in [6.07, 6.45) is 5.31. The van der Waals surface area contributed by atoms with E-state index in [0.717, 1.165) is 18.9 Å². The normalized spacial score (nSPS) is 11.4. The maximum atomic E-state index is 5.28. The summed E-state index contributed by atoms with van der Waals surface area (Å²) in [7, 11) is 1.76. The number of benzene rings is 1. The van der Waals surface area contributed by atoms with Crippen molar-refractivity contribution in [1.29, 1.82) is 0 Å². The van der Waals surface area contributed by atoms with E-state index < -0.39 is 0 Å². The highest BCUT2D eigenvalue weighted by molar-refractivity contribution is 14.0. The van der Waals surface area contributed by atoms with Crippen molar-refractivity contribution in [3.8, 4) is 11.6 Å². The molecule has 162 valence electrons. The number of aromatic amines is 1. The van der Waals surface area contributed by atoms with E-state index in [2.05, 4.69) is 67.1 Å². The molecule has 0 unspecified atom stereocenters. The molecule has 0 spiro atoms. The van der Waals surface area contributed by atoms with Gasteiger partial charge in [-0.25, -0.2) is 0 Å². The molecule has 3 N–H and O–H groups in total. The fourth-order valence-corrected chi connectivity index (χ4v) is 3.28.